The normalized spacial score (nSPS) is 15.8. The van der Waals surface area contributed by atoms with E-state index < -0.39 is 0 Å². The Morgan fingerprint density at radius 1 is 1.31 bits per heavy atom. The molecule has 0 bridgehead atoms. The number of amides is 1. The highest BCUT2D eigenvalue weighted by Gasteiger charge is 2.30. The van der Waals surface area contributed by atoms with Crippen LogP contribution in [-0.4, -0.2) is 21.7 Å². The minimum Gasteiger partial charge on any atom is -0.488 e. The summed E-state index contributed by atoms with van der Waals surface area (Å²) in [5.41, 5.74) is 1.40. The molecule has 1 aliphatic heterocycles. The number of thioether (sulfide) groups is 1. The molecule has 1 fully saturated rings. The van der Waals surface area contributed by atoms with Crippen LogP contribution in [0.5, 0.6) is 5.75 Å². The van der Waals surface area contributed by atoms with Crippen molar-refractivity contribution in [3.8, 4) is 5.75 Å². The number of rotatable bonds is 5. The van der Waals surface area contributed by atoms with Gasteiger partial charge in [-0.3, -0.25) is 9.69 Å². The fraction of sp³-hybridized carbons (Fsp3) is 0.158. The Hall–Kier alpha value is -1.45. The molecule has 0 atom stereocenters. The molecule has 1 heterocycles. The molecular formula is C19H15FINO2S2. The predicted molar refractivity (Wildman–Crippen MR) is 115 cm³/mol. The molecule has 0 radical (unpaired) electrons. The Balaban J connectivity index is 1.74. The lowest BCUT2D eigenvalue weighted by atomic mass is 10.2. The Labute approximate surface area is 174 Å². The number of nitrogens with zero attached hydrogens (tertiary/aromatic N) is 1. The van der Waals surface area contributed by atoms with Crippen LogP contribution in [0.25, 0.3) is 6.08 Å². The maximum Gasteiger partial charge on any atom is 0.266 e. The van der Waals surface area contributed by atoms with E-state index in [9.17, 15) is 9.18 Å². The minimum atomic E-state index is -0.280. The van der Waals surface area contributed by atoms with Crippen LogP contribution in [0.2, 0.25) is 0 Å². The molecule has 26 heavy (non-hydrogen) atoms. The van der Waals surface area contributed by atoms with Crippen LogP contribution in [0, 0.1) is 9.39 Å². The largest absolute Gasteiger partial charge is 0.488 e. The highest BCUT2D eigenvalue weighted by molar-refractivity contribution is 14.1. The van der Waals surface area contributed by atoms with Gasteiger partial charge in [0.05, 0.1) is 8.48 Å². The number of halogens is 2. The summed E-state index contributed by atoms with van der Waals surface area (Å²) in [5, 5.41) is 0. The van der Waals surface area contributed by atoms with Crippen LogP contribution in [0.1, 0.15) is 18.1 Å². The monoisotopic (exact) mass is 499 g/mol. The number of carbonyl (C=O) groups is 1. The number of hydrogen-bond donors (Lipinski definition) is 0. The smallest absolute Gasteiger partial charge is 0.266 e. The lowest BCUT2D eigenvalue weighted by Gasteiger charge is -2.10. The third kappa shape index (κ3) is 4.27. The molecule has 0 spiro atoms. The van der Waals surface area contributed by atoms with Crippen LogP contribution in [0.4, 0.5) is 4.39 Å². The van der Waals surface area contributed by atoms with Crippen molar-refractivity contribution in [3.63, 3.8) is 0 Å². The van der Waals surface area contributed by atoms with Gasteiger partial charge in [0.25, 0.3) is 5.91 Å². The molecule has 134 valence electrons. The molecule has 7 heteroatoms. The lowest BCUT2D eigenvalue weighted by Crippen LogP contribution is -2.27. The first-order chi connectivity index (χ1) is 12.5. The Morgan fingerprint density at radius 2 is 2.08 bits per heavy atom. The Kier molecular flexibility index (Phi) is 6.31. The molecule has 0 unspecified atom stereocenters. The van der Waals surface area contributed by atoms with Gasteiger partial charge in [-0.2, -0.15) is 0 Å². The molecule has 1 aliphatic rings. The average molecular weight is 499 g/mol. The molecule has 0 aromatic heterocycles. The summed E-state index contributed by atoms with van der Waals surface area (Å²) in [5.74, 6) is 0.335. The number of ether oxygens (including phenoxy) is 1. The molecule has 1 amide bonds. The molecule has 0 N–H and O–H groups in total. The highest BCUT2D eigenvalue weighted by Crippen LogP contribution is 2.33. The summed E-state index contributed by atoms with van der Waals surface area (Å²) in [4.78, 5) is 14.5. The van der Waals surface area contributed by atoms with Gasteiger partial charge >= 0.3 is 0 Å². The second kappa shape index (κ2) is 8.49. The summed E-state index contributed by atoms with van der Waals surface area (Å²) in [6, 6.07) is 12.2. The number of likely N-dealkylation sites (N-methyl/N-ethyl adjacent to an activating group) is 1. The second-order valence-electron chi connectivity index (χ2n) is 5.50. The molecule has 0 aliphatic carbocycles. The van der Waals surface area contributed by atoms with E-state index in [2.05, 4.69) is 22.6 Å². The quantitative estimate of drug-likeness (QED) is 0.320. The van der Waals surface area contributed by atoms with Crippen molar-refractivity contribution in [1.82, 2.24) is 4.90 Å². The van der Waals surface area contributed by atoms with E-state index >= 15 is 0 Å². The van der Waals surface area contributed by atoms with Gasteiger partial charge in [-0.15, -0.1) is 0 Å². The standard InChI is InChI=1S/C19H15FINO2S2/c1-2-22-18(23)17(26-19(22)25)10-12-7-8-16(15(21)9-12)24-11-13-5-3-4-6-14(13)20/h3-10H,2,11H2,1H3. The third-order valence-corrected chi connectivity index (χ3v) is 6.01. The molecule has 3 nitrogen and oxygen atoms in total. The first-order valence-electron chi connectivity index (χ1n) is 7.90. The topological polar surface area (TPSA) is 29.5 Å². The molecule has 2 aromatic carbocycles. The third-order valence-electron chi connectivity index (χ3n) is 3.78. The summed E-state index contributed by atoms with van der Waals surface area (Å²) in [6.07, 6.45) is 1.83. The fourth-order valence-corrected chi connectivity index (χ4v) is 4.50. The van der Waals surface area contributed by atoms with E-state index in [0.717, 1.165) is 9.13 Å². The van der Waals surface area contributed by atoms with Gasteiger partial charge in [0.1, 0.15) is 22.5 Å². The van der Waals surface area contributed by atoms with Crippen LogP contribution in [0.3, 0.4) is 0 Å². The maximum atomic E-state index is 13.7. The number of benzene rings is 2. The zero-order valence-corrected chi connectivity index (χ0v) is 17.7. The van der Waals surface area contributed by atoms with Crippen molar-refractivity contribution in [2.24, 2.45) is 0 Å². The molecular weight excluding hydrogens is 484 g/mol. The van der Waals surface area contributed by atoms with E-state index in [4.69, 9.17) is 17.0 Å². The van der Waals surface area contributed by atoms with Crippen molar-refractivity contribution in [1.29, 1.82) is 0 Å². The first-order valence-corrected chi connectivity index (χ1v) is 10.2. The summed E-state index contributed by atoms with van der Waals surface area (Å²) in [6.45, 7) is 2.64. The van der Waals surface area contributed by atoms with E-state index in [1.165, 1.54) is 17.8 Å². The maximum absolute atomic E-state index is 13.7. The van der Waals surface area contributed by atoms with Gasteiger partial charge in [-0.05, 0) is 59.4 Å². The highest BCUT2D eigenvalue weighted by atomic mass is 127. The van der Waals surface area contributed by atoms with E-state index in [0.29, 0.717) is 27.1 Å². The Morgan fingerprint density at radius 3 is 2.73 bits per heavy atom. The molecule has 3 rings (SSSR count). The summed E-state index contributed by atoms with van der Waals surface area (Å²) in [7, 11) is 0. The predicted octanol–water partition coefficient (Wildman–Crippen LogP) is 5.23. The van der Waals surface area contributed by atoms with E-state index in [-0.39, 0.29) is 18.3 Å². The Bertz CT molecular complexity index is 901. The van der Waals surface area contributed by atoms with Gasteiger partial charge in [0, 0.05) is 12.1 Å². The van der Waals surface area contributed by atoms with Crippen LogP contribution < -0.4 is 4.74 Å². The summed E-state index contributed by atoms with van der Waals surface area (Å²) >= 11 is 8.71. The van der Waals surface area contributed by atoms with Gasteiger partial charge in [0.2, 0.25) is 0 Å². The van der Waals surface area contributed by atoms with Crippen molar-refractivity contribution >= 4 is 62.9 Å². The summed E-state index contributed by atoms with van der Waals surface area (Å²) < 4.78 is 20.9. The van der Waals surface area contributed by atoms with Crippen LogP contribution in [0.15, 0.2) is 47.4 Å². The average Bonchev–Trinajstić information content (AvgIpc) is 2.88. The van der Waals surface area contributed by atoms with Crippen molar-refractivity contribution < 1.29 is 13.9 Å². The zero-order chi connectivity index (χ0) is 18.7. The van der Waals surface area contributed by atoms with Gasteiger partial charge < -0.3 is 4.74 Å². The van der Waals surface area contributed by atoms with Crippen LogP contribution in [-0.2, 0) is 11.4 Å². The molecule has 2 aromatic rings. The molecule has 0 saturated carbocycles. The fourth-order valence-electron chi connectivity index (χ4n) is 2.42. The molecule has 1 saturated heterocycles. The SMILES string of the molecule is CCN1C(=O)C(=Cc2ccc(OCc3ccccc3F)c(I)c2)SC1=S. The van der Waals surface area contributed by atoms with E-state index in [1.54, 1.807) is 23.1 Å². The lowest BCUT2D eigenvalue weighted by molar-refractivity contribution is -0.121. The number of hydrogen-bond acceptors (Lipinski definition) is 4. The minimum absolute atomic E-state index is 0.0580. The second-order valence-corrected chi connectivity index (χ2v) is 8.33. The van der Waals surface area contributed by atoms with Crippen molar-refractivity contribution in [2.45, 2.75) is 13.5 Å². The van der Waals surface area contributed by atoms with Crippen molar-refractivity contribution in [3.05, 3.63) is 67.9 Å². The number of thiocarbonyl (C=S) groups is 1. The van der Waals surface area contributed by atoms with Gasteiger partial charge in [-0.25, -0.2) is 4.39 Å². The van der Waals surface area contributed by atoms with E-state index in [1.807, 2.05) is 31.2 Å². The van der Waals surface area contributed by atoms with Gasteiger partial charge in [0.15, 0.2) is 0 Å². The van der Waals surface area contributed by atoms with Gasteiger partial charge in [-0.1, -0.05) is 48.2 Å². The van der Waals surface area contributed by atoms with Crippen molar-refractivity contribution in [2.75, 3.05) is 6.54 Å². The number of carbonyl (C=O) groups excluding carboxylic acids is 1. The zero-order valence-electron chi connectivity index (χ0n) is 13.9. The first kappa shape index (κ1) is 19.3. The van der Waals surface area contributed by atoms with Crippen LogP contribution >= 0.6 is 46.6 Å².